The number of rotatable bonds is 4. The van der Waals surface area contributed by atoms with Crippen LogP contribution in [-0.4, -0.2) is 60.3 Å². The van der Waals surface area contributed by atoms with Crippen LogP contribution in [0.25, 0.3) is 0 Å². The van der Waals surface area contributed by atoms with Gasteiger partial charge in [0.15, 0.2) is 0 Å². The number of β-amino-alcohol motifs (C(OH)–C–C–N with tert-alkyl or cyclic N) is 1. The summed E-state index contributed by atoms with van der Waals surface area (Å²) >= 11 is 0. The molecule has 0 aromatic heterocycles. The predicted molar refractivity (Wildman–Crippen MR) is 123 cm³/mol. The molecule has 0 amide bonds. The van der Waals surface area contributed by atoms with Gasteiger partial charge in [-0.2, -0.15) is 0 Å². The van der Waals surface area contributed by atoms with E-state index < -0.39 is 0 Å². The molecular formula is C26H37N3O. The quantitative estimate of drug-likeness (QED) is 0.816. The number of hydrogen-bond acceptors (Lipinski definition) is 4. The second-order valence-corrected chi connectivity index (χ2v) is 9.11. The zero-order valence-electron chi connectivity index (χ0n) is 18.2. The van der Waals surface area contributed by atoms with Crippen molar-refractivity contribution in [1.29, 1.82) is 0 Å². The van der Waals surface area contributed by atoms with Gasteiger partial charge in [-0.1, -0.05) is 54.6 Å². The zero-order chi connectivity index (χ0) is 20.6. The average molecular weight is 408 g/mol. The highest BCUT2D eigenvalue weighted by Gasteiger charge is 2.21. The molecule has 2 aromatic rings. The lowest BCUT2D eigenvalue weighted by atomic mass is 9.95. The molecule has 1 atom stereocenters. The summed E-state index contributed by atoms with van der Waals surface area (Å²) in [5, 5.41) is 12.8. The SMILES string of the molecule is OC1CCN(Cc2ccccc2)C1.c1ccc2c(c1)CCN(CC1CCNCC1)C2. The Morgan fingerprint density at radius 2 is 1.57 bits per heavy atom. The fourth-order valence-electron chi connectivity index (χ4n) is 4.94. The molecule has 0 spiro atoms. The van der Waals surface area contributed by atoms with E-state index in [1.807, 2.05) is 6.07 Å². The molecule has 0 aliphatic carbocycles. The minimum Gasteiger partial charge on any atom is -0.392 e. The maximum absolute atomic E-state index is 9.34. The number of hydrogen-bond donors (Lipinski definition) is 2. The molecule has 3 heterocycles. The van der Waals surface area contributed by atoms with Gasteiger partial charge in [-0.3, -0.25) is 9.80 Å². The normalized spacial score (nSPS) is 22.9. The third-order valence-corrected chi connectivity index (χ3v) is 6.68. The minimum absolute atomic E-state index is 0.108. The van der Waals surface area contributed by atoms with Gasteiger partial charge in [0, 0.05) is 39.3 Å². The van der Waals surface area contributed by atoms with Crippen molar-refractivity contribution in [2.75, 3.05) is 39.3 Å². The third-order valence-electron chi connectivity index (χ3n) is 6.68. The van der Waals surface area contributed by atoms with Crippen molar-refractivity contribution in [3.05, 3.63) is 71.3 Å². The van der Waals surface area contributed by atoms with Crippen molar-refractivity contribution in [1.82, 2.24) is 15.1 Å². The van der Waals surface area contributed by atoms with Crippen LogP contribution in [0.1, 0.15) is 36.0 Å². The minimum atomic E-state index is -0.108. The summed E-state index contributed by atoms with van der Waals surface area (Å²) in [5.74, 6) is 0.918. The fraction of sp³-hybridized carbons (Fsp3) is 0.538. The number of piperidine rings is 1. The van der Waals surface area contributed by atoms with Gasteiger partial charge in [0.05, 0.1) is 6.10 Å². The molecule has 4 nitrogen and oxygen atoms in total. The zero-order valence-corrected chi connectivity index (χ0v) is 18.2. The maximum Gasteiger partial charge on any atom is 0.0679 e. The predicted octanol–water partition coefficient (Wildman–Crippen LogP) is 3.30. The number of nitrogens with zero attached hydrogens (tertiary/aromatic N) is 2. The molecule has 0 saturated carbocycles. The van der Waals surface area contributed by atoms with Gasteiger partial charge < -0.3 is 10.4 Å². The second-order valence-electron chi connectivity index (χ2n) is 9.11. The highest BCUT2D eigenvalue weighted by Crippen LogP contribution is 2.21. The van der Waals surface area contributed by atoms with Crippen molar-refractivity contribution < 1.29 is 5.11 Å². The Kier molecular flexibility index (Phi) is 7.93. The molecule has 2 N–H and O–H groups in total. The van der Waals surface area contributed by atoms with Gasteiger partial charge in [-0.25, -0.2) is 0 Å². The first-order valence-electron chi connectivity index (χ1n) is 11.7. The number of likely N-dealkylation sites (tertiary alicyclic amines) is 1. The van der Waals surface area contributed by atoms with Crippen LogP contribution in [0.5, 0.6) is 0 Å². The molecule has 162 valence electrons. The van der Waals surface area contributed by atoms with Crippen LogP contribution in [0, 0.1) is 5.92 Å². The fourth-order valence-corrected chi connectivity index (χ4v) is 4.94. The van der Waals surface area contributed by atoms with Gasteiger partial charge in [0.25, 0.3) is 0 Å². The molecule has 0 bridgehead atoms. The Labute approximate surface area is 181 Å². The van der Waals surface area contributed by atoms with Crippen LogP contribution in [0.3, 0.4) is 0 Å². The van der Waals surface area contributed by atoms with Crippen LogP contribution in [-0.2, 0) is 19.5 Å². The first-order chi connectivity index (χ1) is 14.8. The number of fused-ring (bicyclic) bond motifs is 1. The lowest BCUT2D eigenvalue weighted by Crippen LogP contribution is -2.38. The summed E-state index contributed by atoms with van der Waals surface area (Å²) in [5.41, 5.74) is 4.44. The van der Waals surface area contributed by atoms with Crippen molar-refractivity contribution in [3.8, 4) is 0 Å². The van der Waals surface area contributed by atoms with Crippen molar-refractivity contribution >= 4 is 0 Å². The van der Waals surface area contributed by atoms with E-state index in [0.717, 1.165) is 32.0 Å². The highest BCUT2D eigenvalue weighted by atomic mass is 16.3. The van der Waals surface area contributed by atoms with Gasteiger partial charge in [-0.05, 0) is 61.4 Å². The maximum atomic E-state index is 9.34. The summed E-state index contributed by atoms with van der Waals surface area (Å²) < 4.78 is 0. The Hall–Kier alpha value is -1.72. The molecule has 3 aliphatic heterocycles. The number of benzene rings is 2. The van der Waals surface area contributed by atoms with Crippen LogP contribution >= 0.6 is 0 Å². The van der Waals surface area contributed by atoms with Gasteiger partial charge in [0.1, 0.15) is 0 Å². The van der Waals surface area contributed by atoms with Crippen LogP contribution in [0.2, 0.25) is 0 Å². The Morgan fingerprint density at radius 1 is 0.833 bits per heavy atom. The van der Waals surface area contributed by atoms with Crippen LogP contribution in [0.4, 0.5) is 0 Å². The van der Waals surface area contributed by atoms with Crippen molar-refractivity contribution in [3.63, 3.8) is 0 Å². The van der Waals surface area contributed by atoms with E-state index in [0.29, 0.717) is 0 Å². The molecule has 30 heavy (non-hydrogen) atoms. The van der Waals surface area contributed by atoms with E-state index in [2.05, 4.69) is 63.6 Å². The van der Waals surface area contributed by atoms with E-state index in [9.17, 15) is 5.11 Å². The van der Waals surface area contributed by atoms with Gasteiger partial charge >= 0.3 is 0 Å². The molecule has 4 heteroatoms. The Morgan fingerprint density at radius 3 is 2.30 bits per heavy atom. The van der Waals surface area contributed by atoms with E-state index in [1.165, 1.54) is 57.5 Å². The van der Waals surface area contributed by atoms with E-state index in [-0.39, 0.29) is 6.10 Å². The lowest BCUT2D eigenvalue weighted by molar-refractivity contribution is 0.175. The lowest BCUT2D eigenvalue weighted by Gasteiger charge is -2.33. The highest BCUT2D eigenvalue weighted by molar-refractivity contribution is 5.29. The molecule has 1 unspecified atom stereocenters. The summed E-state index contributed by atoms with van der Waals surface area (Å²) in [7, 11) is 0. The summed E-state index contributed by atoms with van der Waals surface area (Å²) in [6.07, 6.45) is 4.77. The Balaban J connectivity index is 0.000000151. The van der Waals surface area contributed by atoms with Crippen molar-refractivity contribution in [2.24, 2.45) is 5.92 Å². The van der Waals surface area contributed by atoms with Crippen molar-refractivity contribution in [2.45, 2.75) is 44.9 Å². The summed E-state index contributed by atoms with van der Waals surface area (Å²) in [6.45, 7) is 8.98. The van der Waals surface area contributed by atoms with E-state index in [1.54, 1.807) is 11.1 Å². The van der Waals surface area contributed by atoms with E-state index in [4.69, 9.17) is 0 Å². The molecule has 5 rings (SSSR count). The van der Waals surface area contributed by atoms with Gasteiger partial charge in [-0.15, -0.1) is 0 Å². The van der Waals surface area contributed by atoms with Crippen LogP contribution < -0.4 is 5.32 Å². The summed E-state index contributed by atoms with van der Waals surface area (Å²) in [6, 6.07) is 19.3. The van der Waals surface area contributed by atoms with Gasteiger partial charge in [0.2, 0.25) is 0 Å². The van der Waals surface area contributed by atoms with E-state index >= 15 is 0 Å². The second kappa shape index (κ2) is 11.1. The standard InChI is InChI=1S/C15H22N2.C11H15NO/c1-2-4-15-12-17(10-7-14(15)3-1)11-13-5-8-16-9-6-13;13-11-6-7-12(9-11)8-10-4-2-1-3-5-10/h1-4,13,16H,5-12H2;1-5,11,13H,6-9H2. The summed E-state index contributed by atoms with van der Waals surface area (Å²) in [4.78, 5) is 4.94. The first kappa shape index (κ1) is 21.5. The molecule has 2 fully saturated rings. The average Bonchev–Trinajstić information content (AvgIpc) is 3.20. The topological polar surface area (TPSA) is 38.7 Å². The molecule has 2 aromatic carbocycles. The smallest absolute Gasteiger partial charge is 0.0679 e. The molecular weight excluding hydrogens is 370 g/mol. The number of aliphatic hydroxyl groups excluding tert-OH is 1. The Bertz CT molecular complexity index is 760. The number of aliphatic hydroxyl groups is 1. The first-order valence-corrected chi connectivity index (χ1v) is 11.7. The molecule has 0 radical (unpaired) electrons. The largest absolute Gasteiger partial charge is 0.392 e. The third kappa shape index (κ3) is 6.39. The van der Waals surface area contributed by atoms with Crippen LogP contribution in [0.15, 0.2) is 54.6 Å². The number of nitrogens with one attached hydrogen (secondary N) is 1. The molecule has 3 aliphatic rings. The monoisotopic (exact) mass is 407 g/mol. The molecule has 2 saturated heterocycles.